The molecule has 1 fully saturated rings. The van der Waals surface area contributed by atoms with Crippen molar-refractivity contribution in [3.63, 3.8) is 0 Å². The zero-order valence-corrected chi connectivity index (χ0v) is 12.7. The molecule has 0 aromatic heterocycles. The topological polar surface area (TPSA) is 74.7 Å². The van der Waals surface area contributed by atoms with E-state index >= 15 is 0 Å². The number of aliphatic carboxylic acids is 1. The lowest BCUT2D eigenvalue weighted by Gasteiger charge is -2.41. The van der Waals surface area contributed by atoms with E-state index in [1.165, 1.54) is 6.92 Å². The maximum Gasteiger partial charge on any atom is 0.327 e. The maximum atomic E-state index is 12.2. The Kier molecular flexibility index (Phi) is 3.86. The standard InChI is InChI=1S/C18H17NO4/c1-11-16(18(22)23)19(17(11)21)15(20)10-9-13-7-4-6-12-5-2-3-8-14(12)13/h2-8,11,16H,9-10H2,1H3,(H,22,23)/t11-,16+/m1/s1. The number of likely N-dealkylation sites (tertiary alicyclic amines) is 1. The molecule has 3 rings (SSSR count). The minimum Gasteiger partial charge on any atom is -0.480 e. The van der Waals surface area contributed by atoms with E-state index < -0.39 is 29.7 Å². The summed E-state index contributed by atoms with van der Waals surface area (Å²) in [5.74, 6) is -2.58. The minimum absolute atomic E-state index is 0.121. The number of imide groups is 1. The number of rotatable bonds is 4. The van der Waals surface area contributed by atoms with Crippen LogP contribution in [0.25, 0.3) is 10.8 Å². The lowest BCUT2D eigenvalue weighted by atomic mass is 9.88. The molecule has 2 aromatic carbocycles. The van der Waals surface area contributed by atoms with E-state index in [0.717, 1.165) is 21.2 Å². The molecule has 2 amide bonds. The van der Waals surface area contributed by atoms with E-state index in [-0.39, 0.29) is 6.42 Å². The molecule has 1 aliphatic heterocycles. The summed E-state index contributed by atoms with van der Waals surface area (Å²) in [5, 5.41) is 11.3. The maximum absolute atomic E-state index is 12.2. The molecule has 2 aromatic rings. The fourth-order valence-electron chi connectivity index (χ4n) is 3.11. The van der Waals surface area contributed by atoms with Crippen molar-refractivity contribution in [2.24, 2.45) is 5.92 Å². The third kappa shape index (κ3) is 2.59. The molecule has 1 aliphatic rings. The van der Waals surface area contributed by atoms with Crippen LogP contribution in [0.3, 0.4) is 0 Å². The van der Waals surface area contributed by atoms with Crippen LogP contribution in [0.2, 0.25) is 0 Å². The highest BCUT2D eigenvalue weighted by Crippen LogP contribution is 2.28. The van der Waals surface area contributed by atoms with Crippen LogP contribution >= 0.6 is 0 Å². The zero-order chi connectivity index (χ0) is 16.6. The van der Waals surface area contributed by atoms with Gasteiger partial charge in [-0.05, 0) is 22.8 Å². The van der Waals surface area contributed by atoms with Crippen molar-refractivity contribution in [1.29, 1.82) is 0 Å². The fourth-order valence-corrected chi connectivity index (χ4v) is 3.11. The second kappa shape index (κ2) is 5.83. The number of β-lactam (4-membered cyclic amide) rings is 1. The first-order valence-corrected chi connectivity index (χ1v) is 7.56. The van der Waals surface area contributed by atoms with Crippen molar-refractivity contribution in [2.75, 3.05) is 0 Å². The lowest BCUT2D eigenvalue weighted by molar-refractivity contribution is -0.175. The highest BCUT2D eigenvalue weighted by atomic mass is 16.4. The number of aryl methyl sites for hydroxylation is 1. The first-order valence-electron chi connectivity index (χ1n) is 7.56. The van der Waals surface area contributed by atoms with Gasteiger partial charge in [0.2, 0.25) is 11.8 Å². The molecule has 0 saturated carbocycles. The van der Waals surface area contributed by atoms with Crippen molar-refractivity contribution in [2.45, 2.75) is 25.8 Å². The number of fused-ring (bicyclic) bond motifs is 1. The Balaban J connectivity index is 1.74. The summed E-state index contributed by atoms with van der Waals surface area (Å²) >= 11 is 0. The average Bonchev–Trinajstić information content (AvgIpc) is 2.56. The van der Waals surface area contributed by atoms with Gasteiger partial charge in [-0.2, -0.15) is 0 Å². The summed E-state index contributed by atoms with van der Waals surface area (Å²) in [6.45, 7) is 1.54. The summed E-state index contributed by atoms with van der Waals surface area (Å²) in [7, 11) is 0. The van der Waals surface area contributed by atoms with Gasteiger partial charge in [-0.3, -0.25) is 14.5 Å². The molecule has 0 bridgehead atoms. The Bertz CT molecular complexity index is 793. The van der Waals surface area contributed by atoms with Crippen LogP contribution in [-0.4, -0.2) is 33.8 Å². The van der Waals surface area contributed by atoms with Crippen LogP contribution in [0.5, 0.6) is 0 Å². The Hall–Kier alpha value is -2.69. The van der Waals surface area contributed by atoms with Gasteiger partial charge in [0.1, 0.15) is 6.04 Å². The molecule has 0 radical (unpaired) electrons. The second-order valence-electron chi connectivity index (χ2n) is 5.81. The van der Waals surface area contributed by atoms with Crippen LogP contribution in [0, 0.1) is 5.92 Å². The van der Waals surface area contributed by atoms with Gasteiger partial charge in [-0.1, -0.05) is 49.4 Å². The van der Waals surface area contributed by atoms with Gasteiger partial charge in [0.05, 0.1) is 5.92 Å². The lowest BCUT2D eigenvalue weighted by Crippen LogP contribution is -2.65. The van der Waals surface area contributed by atoms with Crippen molar-refractivity contribution < 1.29 is 19.5 Å². The third-order valence-corrected chi connectivity index (χ3v) is 4.39. The van der Waals surface area contributed by atoms with E-state index in [1.807, 2.05) is 42.5 Å². The number of nitrogens with zero attached hydrogens (tertiary/aromatic N) is 1. The Labute approximate surface area is 133 Å². The first-order chi connectivity index (χ1) is 11.0. The van der Waals surface area contributed by atoms with Crippen molar-refractivity contribution in [3.8, 4) is 0 Å². The van der Waals surface area contributed by atoms with Crippen molar-refractivity contribution in [1.82, 2.24) is 4.90 Å². The smallest absolute Gasteiger partial charge is 0.327 e. The molecular formula is C18H17NO4. The summed E-state index contributed by atoms with van der Waals surface area (Å²) in [6, 6.07) is 12.7. The fraction of sp³-hybridized carbons (Fsp3) is 0.278. The van der Waals surface area contributed by atoms with Crippen molar-refractivity contribution >= 4 is 28.6 Å². The normalized spacial score (nSPS) is 20.4. The number of carboxylic acids is 1. The number of carbonyl (C=O) groups is 3. The molecule has 23 heavy (non-hydrogen) atoms. The summed E-state index contributed by atoms with van der Waals surface area (Å²) in [4.78, 5) is 36.1. The van der Waals surface area contributed by atoms with E-state index in [4.69, 9.17) is 5.11 Å². The SMILES string of the molecule is C[C@H]1C(=O)N(C(=O)CCc2cccc3ccccc23)[C@@H]1C(=O)O. The molecular weight excluding hydrogens is 294 g/mol. The predicted molar refractivity (Wildman–Crippen MR) is 84.7 cm³/mol. The monoisotopic (exact) mass is 311 g/mol. The van der Waals surface area contributed by atoms with E-state index in [1.54, 1.807) is 0 Å². The number of benzene rings is 2. The Morgan fingerprint density at radius 3 is 2.57 bits per heavy atom. The number of carbonyl (C=O) groups excluding carboxylic acids is 2. The molecule has 5 nitrogen and oxygen atoms in total. The minimum atomic E-state index is -1.13. The average molecular weight is 311 g/mol. The van der Waals surface area contributed by atoms with Crippen LogP contribution in [-0.2, 0) is 20.8 Å². The predicted octanol–water partition coefficient (Wildman–Crippen LogP) is 2.23. The van der Waals surface area contributed by atoms with Crippen molar-refractivity contribution in [3.05, 3.63) is 48.0 Å². The van der Waals surface area contributed by atoms with E-state index in [0.29, 0.717) is 6.42 Å². The quantitative estimate of drug-likeness (QED) is 0.879. The largest absolute Gasteiger partial charge is 0.480 e. The zero-order valence-electron chi connectivity index (χ0n) is 12.7. The second-order valence-corrected chi connectivity index (χ2v) is 5.81. The van der Waals surface area contributed by atoms with E-state index in [2.05, 4.69) is 0 Å². The van der Waals surface area contributed by atoms with Gasteiger partial charge >= 0.3 is 5.97 Å². The summed E-state index contributed by atoms with van der Waals surface area (Å²) < 4.78 is 0. The number of hydrogen-bond acceptors (Lipinski definition) is 3. The molecule has 5 heteroatoms. The van der Waals surface area contributed by atoms with Gasteiger partial charge in [-0.25, -0.2) is 4.79 Å². The van der Waals surface area contributed by atoms with Crippen LogP contribution in [0.1, 0.15) is 18.9 Å². The molecule has 118 valence electrons. The Morgan fingerprint density at radius 1 is 1.13 bits per heavy atom. The number of hydrogen-bond donors (Lipinski definition) is 1. The van der Waals surface area contributed by atoms with E-state index in [9.17, 15) is 14.4 Å². The van der Waals surface area contributed by atoms with Crippen LogP contribution in [0.15, 0.2) is 42.5 Å². The molecule has 0 spiro atoms. The molecule has 0 unspecified atom stereocenters. The molecule has 0 aliphatic carbocycles. The molecule has 1 N–H and O–H groups in total. The highest BCUT2D eigenvalue weighted by Gasteiger charge is 2.51. The van der Waals surface area contributed by atoms with Gasteiger partial charge in [-0.15, -0.1) is 0 Å². The van der Waals surface area contributed by atoms with Gasteiger partial charge < -0.3 is 5.11 Å². The summed E-state index contributed by atoms with van der Waals surface area (Å²) in [5.41, 5.74) is 1.02. The number of carboxylic acid groups (broad SMARTS) is 1. The Morgan fingerprint density at radius 2 is 1.83 bits per heavy atom. The molecule has 1 saturated heterocycles. The summed E-state index contributed by atoms with van der Waals surface area (Å²) in [6.07, 6.45) is 0.598. The van der Waals surface area contributed by atoms with Gasteiger partial charge in [0.25, 0.3) is 0 Å². The van der Waals surface area contributed by atoms with Crippen LogP contribution in [0.4, 0.5) is 0 Å². The van der Waals surface area contributed by atoms with Crippen LogP contribution < -0.4 is 0 Å². The van der Waals surface area contributed by atoms with Gasteiger partial charge in [0.15, 0.2) is 0 Å². The molecule has 1 heterocycles. The highest BCUT2D eigenvalue weighted by molar-refractivity contribution is 6.07. The molecule has 2 atom stereocenters. The third-order valence-electron chi connectivity index (χ3n) is 4.39. The van der Waals surface area contributed by atoms with Gasteiger partial charge in [0, 0.05) is 6.42 Å². The number of amides is 2. The first kappa shape index (κ1) is 15.2.